The second-order valence-electron chi connectivity index (χ2n) is 6.05. The van der Waals surface area contributed by atoms with Gasteiger partial charge in [0.15, 0.2) is 0 Å². The number of nitrogens with zero attached hydrogens (tertiary/aromatic N) is 3. The lowest BCUT2D eigenvalue weighted by atomic mass is 10.1. The minimum Gasteiger partial charge on any atom is -0.306 e. The van der Waals surface area contributed by atoms with E-state index in [9.17, 15) is 8.42 Å². The van der Waals surface area contributed by atoms with Crippen molar-refractivity contribution < 1.29 is 8.42 Å². The maximum atomic E-state index is 12.0. The third-order valence-electron chi connectivity index (χ3n) is 4.25. The molecular formula is C17H17N3O2S. The maximum Gasteiger partial charge on any atom is 0.232 e. The number of rotatable bonds is 2. The summed E-state index contributed by atoms with van der Waals surface area (Å²) in [7, 11) is -3.25. The van der Waals surface area contributed by atoms with Crippen molar-refractivity contribution in [3.05, 3.63) is 54.4 Å². The molecule has 1 unspecified atom stereocenters. The highest BCUT2D eigenvalue weighted by atomic mass is 32.2. The topological polar surface area (TPSA) is 54.7 Å². The van der Waals surface area contributed by atoms with Gasteiger partial charge in [0.2, 0.25) is 10.0 Å². The zero-order valence-electron chi connectivity index (χ0n) is 13.0. The van der Waals surface area contributed by atoms with Crippen LogP contribution in [0.2, 0.25) is 0 Å². The summed E-state index contributed by atoms with van der Waals surface area (Å²) in [4.78, 5) is 4.63. The first-order chi connectivity index (χ1) is 10.9. The zero-order chi connectivity index (χ0) is 16.2. The molecule has 0 spiro atoms. The number of aromatic nitrogens is 2. The Morgan fingerprint density at radius 1 is 1.22 bits per heavy atom. The average Bonchev–Trinajstić information content (AvgIpc) is 3.05. The fraction of sp³-hybridized carbons (Fsp3) is 0.235. The van der Waals surface area contributed by atoms with Gasteiger partial charge in [-0.25, -0.2) is 13.4 Å². The third-order valence-corrected chi connectivity index (χ3v) is 5.52. The van der Waals surface area contributed by atoms with E-state index in [4.69, 9.17) is 0 Å². The largest absolute Gasteiger partial charge is 0.306 e. The lowest BCUT2D eigenvalue weighted by Crippen LogP contribution is -2.34. The number of sulfonamides is 1. The molecule has 0 bridgehead atoms. The Bertz CT molecular complexity index is 975. The Balaban J connectivity index is 1.81. The molecule has 5 nitrogen and oxygen atoms in total. The predicted octanol–water partition coefficient (Wildman–Crippen LogP) is 2.71. The molecule has 3 aromatic rings. The third kappa shape index (κ3) is 2.30. The number of hydrogen-bond donors (Lipinski definition) is 0. The highest BCUT2D eigenvalue weighted by Crippen LogP contribution is 2.36. The van der Waals surface area contributed by atoms with Crippen LogP contribution in [0.25, 0.3) is 16.9 Å². The van der Waals surface area contributed by atoms with E-state index >= 15 is 0 Å². The molecule has 0 N–H and O–H groups in total. The van der Waals surface area contributed by atoms with Gasteiger partial charge in [-0.15, -0.1) is 0 Å². The summed E-state index contributed by atoms with van der Waals surface area (Å²) in [6, 6.07) is 11.7. The van der Waals surface area contributed by atoms with Crippen LogP contribution in [0, 0.1) is 0 Å². The van der Waals surface area contributed by atoms with E-state index in [0.717, 1.165) is 34.6 Å². The van der Waals surface area contributed by atoms with Crippen molar-refractivity contribution in [3.8, 4) is 11.3 Å². The zero-order valence-corrected chi connectivity index (χ0v) is 13.8. The van der Waals surface area contributed by atoms with Gasteiger partial charge in [-0.1, -0.05) is 12.1 Å². The van der Waals surface area contributed by atoms with Crippen molar-refractivity contribution in [3.63, 3.8) is 0 Å². The van der Waals surface area contributed by atoms with Crippen LogP contribution in [0.1, 0.15) is 12.5 Å². The summed E-state index contributed by atoms with van der Waals surface area (Å²) >= 11 is 0. The van der Waals surface area contributed by atoms with E-state index in [1.807, 2.05) is 54.0 Å². The van der Waals surface area contributed by atoms with Gasteiger partial charge in [0, 0.05) is 24.0 Å². The van der Waals surface area contributed by atoms with Crippen LogP contribution in [-0.4, -0.2) is 30.1 Å². The van der Waals surface area contributed by atoms with E-state index < -0.39 is 10.0 Å². The van der Waals surface area contributed by atoms with Crippen LogP contribution >= 0.6 is 0 Å². The van der Waals surface area contributed by atoms with Gasteiger partial charge < -0.3 is 4.40 Å². The molecule has 23 heavy (non-hydrogen) atoms. The molecule has 3 heterocycles. The van der Waals surface area contributed by atoms with Gasteiger partial charge in [-0.05, 0) is 43.2 Å². The van der Waals surface area contributed by atoms with Gasteiger partial charge in [-0.3, -0.25) is 4.31 Å². The molecule has 118 valence electrons. The molecule has 0 radical (unpaired) electrons. The Morgan fingerprint density at radius 3 is 2.78 bits per heavy atom. The van der Waals surface area contributed by atoms with Crippen LogP contribution in [0.15, 0.2) is 48.8 Å². The van der Waals surface area contributed by atoms with E-state index in [1.165, 1.54) is 10.6 Å². The molecule has 4 rings (SSSR count). The van der Waals surface area contributed by atoms with Gasteiger partial charge in [-0.2, -0.15) is 0 Å². The van der Waals surface area contributed by atoms with Gasteiger partial charge in [0.25, 0.3) is 0 Å². The molecule has 0 amide bonds. The first-order valence-corrected chi connectivity index (χ1v) is 9.35. The van der Waals surface area contributed by atoms with Crippen molar-refractivity contribution in [1.82, 2.24) is 9.38 Å². The number of fused-ring (bicyclic) bond motifs is 2. The molecular weight excluding hydrogens is 310 g/mol. The molecule has 2 aromatic heterocycles. The quantitative estimate of drug-likeness (QED) is 0.727. The summed E-state index contributed by atoms with van der Waals surface area (Å²) in [6.07, 6.45) is 5.94. The highest BCUT2D eigenvalue weighted by Gasteiger charge is 2.32. The lowest BCUT2D eigenvalue weighted by molar-refractivity contribution is 0.590. The summed E-state index contributed by atoms with van der Waals surface area (Å²) < 4.78 is 27.5. The lowest BCUT2D eigenvalue weighted by Gasteiger charge is -2.21. The molecule has 0 fully saturated rings. The van der Waals surface area contributed by atoms with Crippen LogP contribution in [-0.2, 0) is 16.4 Å². The number of hydrogen-bond acceptors (Lipinski definition) is 3. The number of imidazole rings is 1. The number of benzene rings is 1. The minimum atomic E-state index is -3.25. The van der Waals surface area contributed by atoms with Crippen molar-refractivity contribution in [2.24, 2.45) is 0 Å². The SMILES string of the molecule is CC1Cc2cc(-c3cn4ccccc4n3)ccc2N1S(C)(=O)=O. The Labute approximate surface area is 135 Å². The van der Waals surface area contributed by atoms with E-state index in [-0.39, 0.29) is 6.04 Å². The summed E-state index contributed by atoms with van der Waals surface area (Å²) in [5.41, 5.74) is 4.64. The van der Waals surface area contributed by atoms with Crippen molar-refractivity contribution in [2.45, 2.75) is 19.4 Å². The van der Waals surface area contributed by atoms with E-state index in [0.29, 0.717) is 0 Å². The van der Waals surface area contributed by atoms with Gasteiger partial charge in [0.05, 0.1) is 17.6 Å². The standard InChI is InChI=1S/C17H17N3O2S/c1-12-9-14-10-13(6-7-16(14)20(12)23(2,21)22)15-11-19-8-4-3-5-17(19)18-15/h3-8,10-12H,9H2,1-2H3. The highest BCUT2D eigenvalue weighted by molar-refractivity contribution is 7.92. The van der Waals surface area contributed by atoms with Crippen molar-refractivity contribution in [2.75, 3.05) is 10.6 Å². The second kappa shape index (κ2) is 4.83. The smallest absolute Gasteiger partial charge is 0.232 e. The van der Waals surface area contributed by atoms with Crippen molar-refractivity contribution in [1.29, 1.82) is 0 Å². The van der Waals surface area contributed by atoms with Crippen molar-refractivity contribution >= 4 is 21.4 Å². The van der Waals surface area contributed by atoms with E-state index in [2.05, 4.69) is 11.1 Å². The van der Waals surface area contributed by atoms with Gasteiger partial charge >= 0.3 is 0 Å². The minimum absolute atomic E-state index is 0.0451. The maximum absolute atomic E-state index is 12.0. The summed E-state index contributed by atoms with van der Waals surface area (Å²) in [6.45, 7) is 1.94. The Morgan fingerprint density at radius 2 is 2.04 bits per heavy atom. The number of anilines is 1. The molecule has 0 saturated heterocycles. The Kier molecular flexibility index (Phi) is 2.99. The normalized spacial score (nSPS) is 17.7. The second-order valence-corrected chi connectivity index (χ2v) is 7.91. The first kappa shape index (κ1) is 14.3. The molecule has 1 aromatic carbocycles. The van der Waals surface area contributed by atoms with Crippen LogP contribution in [0.4, 0.5) is 5.69 Å². The fourth-order valence-electron chi connectivity index (χ4n) is 3.34. The Hall–Kier alpha value is -2.34. The number of pyridine rings is 1. The molecule has 1 atom stereocenters. The predicted molar refractivity (Wildman–Crippen MR) is 91.1 cm³/mol. The molecule has 1 aliphatic heterocycles. The van der Waals surface area contributed by atoms with Crippen LogP contribution in [0.3, 0.4) is 0 Å². The molecule has 0 saturated carbocycles. The van der Waals surface area contributed by atoms with E-state index in [1.54, 1.807) is 0 Å². The fourth-order valence-corrected chi connectivity index (χ4v) is 4.60. The molecule has 0 aliphatic carbocycles. The first-order valence-electron chi connectivity index (χ1n) is 7.50. The molecule has 1 aliphatic rings. The van der Waals surface area contributed by atoms with Crippen LogP contribution in [0.5, 0.6) is 0 Å². The summed E-state index contributed by atoms with van der Waals surface area (Å²) in [5, 5.41) is 0. The van der Waals surface area contributed by atoms with Crippen LogP contribution < -0.4 is 4.31 Å². The summed E-state index contributed by atoms with van der Waals surface area (Å²) in [5.74, 6) is 0. The average molecular weight is 327 g/mol. The van der Waals surface area contributed by atoms with Gasteiger partial charge in [0.1, 0.15) is 5.65 Å². The monoisotopic (exact) mass is 327 g/mol. The molecule has 6 heteroatoms.